The van der Waals surface area contributed by atoms with E-state index in [1.54, 1.807) is 0 Å². The van der Waals surface area contributed by atoms with Gasteiger partial charge in [-0.15, -0.1) is 0 Å². The summed E-state index contributed by atoms with van der Waals surface area (Å²) in [5.41, 5.74) is 5.77. The number of hydrogen-bond acceptors (Lipinski definition) is 2. The SMILES string of the molecule is Cc1ccc2cc(CNc3cc(Br)ccc3C)ccc2n1. The fraction of sp³-hybridized carbons (Fsp3) is 0.167. The first-order chi connectivity index (χ1) is 10.1. The summed E-state index contributed by atoms with van der Waals surface area (Å²) in [6, 6.07) is 16.9. The van der Waals surface area contributed by atoms with Crippen molar-refractivity contribution in [1.29, 1.82) is 0 Å². The molecule has 0 atom stereocenters. The molecule has 0 amide bonds. The van der Waals surface area contributed by atoms with Gasteiger partial charge < -0.3 is 5.32 Å². The third-order valence-electron chi connectivity index (χ3n) is 3.58. The summed E-state index contributed by atoms with van der Waals surface area (Å²) in [5, 5.41) is 4.68. The van der Waals surface area contributed by atoms with E-state index in [1.165, 1.54) is 16.5 Å². The predicted octanol–water partition coefficient (Wildman–Crippen LogP) is 5.23. The molecule has 0 aliphatic carbocycles. The highest BCUT2D eigenvalue weighted by Crippen LogP contribution is 2.22. The minimum absolute atomic E-state index is 0.807. The Balaban J connectivity index is 1.82. The number of nitrogens with one attached hydrogen (secondary N) is 1. The molecule has 0 saturated carbocycles. The van der Waals surface area contributed by atoms with Crippen LogP contribution in [0.25, 0.3) is 10.9 Å². The van der Waals surface area contributed by atoms with E-state index in [4.69, 9.17) is 0 Å². The molecule has 21 heavy (non-hydrogen) atoms. The Morgan fingerprint density at radius 1 is 1.00 bits per heavy atom. The van der Waals surface area contributed by atoms with Crippen molar-refractivity contribution in [2.24, 2.45) is 0 Å². The lowest BCUT2D eigenvalue weighted by Crippen LogP contribution is -2.01. The van der Waals surface area contributed by atoms with E-state index in [9.17, 15) is 0 Å². The van der Waals surface area contributed by atoms with Gasteiger partial charge in [-0.25, -0.2) is 0 Å². The van der Waals surface area contributed by atoms with Gasteiger partial charge in [0.05, 0.1) is 5.52 Å². The molecule has 0 aliphatic rings. The summed E-state index contributed by atoms with van der Waals surface area (Å²) < 4.78 is 1.09. The summed E-state index contributed by atoms with van der Waals surface area (Å²) in [4.78, 5) is 4.53. The van der Waals surface area contributed by atoms with Gasteiger partial charge in [-0.1, -0.05) is 34.1 Å². The van der Waals surface area contributed by atoms with Crippen LogP contribution in [0.3, 0.4) is 0 Å². The van der Waals surface area contributed by atoms with Gasteiger partial charge in [-0.2, -0.15) is 0 Å². The largest absolute Gasteiger partial charge is 0.381 e. The first kappa shape index (κ1) is 14.1. The molecule has 0 radical (unpaired) electrons. The second-order valence-electron chi connectivity index (χ2n) is 5.29. The molecule has 106 valence electrons. The van der Waals surface area contributed by atoms with E-state index in [0.717, 1.165) is 27.9 Å². The average Bonchev–Trinajstić information content (AvgIpc) is 2.48. The second-order valence-corrected chi connectivity index (χ2v) is 6.21. The Bertz CT molecular complexity index is 796. The number of aryl methyl sites for hydroxylation is 2. The predicted molar refractivity (Wildman–Crippen MR) is 92.7 cm³/mol. The number of fused-ring (bicyclic) bond motifs is 1. The fourth-order valence-electron chi connectivity index (χ4n) is 2.37. The van der Waals surface area contributed by atoms with Crippen molar-refractivity contribution in [1.82, 2.24) is 4.98 Å². The smallest absolute Gasteiger partial charge is 0.0705 e. The maximum absolute atomic E-state index is 4.53. The number of rotatable bonds is 3. The van der Waals surface area contributed by atoms with Crippen LogP contribution in [0, 0.1) is 13.8 Å². The molecule has 1 heterocycles. The second kappa shape index (κ2) is 5.86. The molecular weight excluding hydrogens is 324 g/mol. The van der Waals surface area contributed by atoms with E-state index < -0.39 is 0 Å². The Labute approximate surface area is 133 Å². The van der Waals surface area contributed by atoms with Crippen LogP contribution >= 0.6 is 15.9 Å². The molecule has 0 saturated heterocycles. The van der Waals surface area contributed by atoms with E-state index in [0.29, 0.717) is 0 Å². The number of halogens is 1. The van der Waals surface area contributed by atoms with Crippen LogP contribution < -0.4 is 5.32 Å². The highest BCUT2D eigenvalue weighted by atomic mass is 79.9. The summed E-state index contributed by atoms with van der Waals surface area (Å²) in [7, 11) is 0. The molecule has 2 nitrogen and oxygen atoms in total. The van der Waals surface area contributed by atoms with Gasteiger partial charge in [-0.3, -0.25) is 4.98 Å². The van der Waals surface area contributed by atoms with Crippen molar-refractivity contribution < 1.29 is 0 Å². The maximum Gasteiger partial charge on any atom is 0.0705 e. The standard InChI is InChI=1S/C18H17BrN2/c1-12-3-7-16(19)10-18(12)20-11-14-5-8-17-15(9-14)6-4-13(2)21-17/h3-10,20H,11H2,1-2H3. The van der Waals surface area contributed by atoms with Crippen molar-refractivity contribution in [3.8, 4) is 0 Å². The topological polar surface area (TPSA) is 24.9 Å². The molecule has 0 unspecified atom stereocenters. The van der Waals surface area contributed by atoms with Crippen molar-refractivity contribution >= 4 is 32.5 Å². The first-order valence-electron chi connectivity index (χ1n) is 6.98. The summed E-state index contributed by atoms with van der Waals surface area (Å²) in [6.45, 7) is 4.94. The molecule has 0 bridgehead atoms. The molecule has 0 aliphatic heterocycles. The van der Waals surface area contributed by atoms with E-state index in [1.807, 2.05) is 6.92 Å². The first-order valence-corrected chi connectivity index (χ1v) is 7.77. The fourth-order valence-corrected chi connectivity index (χ4v) is 2.73. The number of pyridine rings is 1. The molecular formula is C18H17BrN2. The minimum Gasteiger partial charge on any atom is -0.381 e. The molecule has 1 aromatic heterocycles. The van der Waals surface area contributed by atoms with Crippen LogP contribution in [0.2, 0.25) is 0 Å². The lowest BCUT2D eigenvalue weighted by atomic mass is 10.1. The molecule has 3 aromatic rings. The van der Waals surface area contributed by atoms with E-state index in [2.05, 4.69) is 81.7 Å². The summed E-state index contributed by atoms with van der Waals surface area (Å²) in [6.07, 6.45) is 0. The van der Waals surface area contributed by atoms with Gasteiger partial charge in [0.2, 0.25) is 0 Å². The van der Waals surface area contributed by atoms with Crippen LogP contribution in [0.1, 0.15) is 16.8 Å². The van der Waals surface area contributed by atoms with Gasteiger partial charge in [0.15, 0.2) is 0 Å². The average molecular weight is 341 g/mol. The zero-order chi connectivity index (χ0) is 14.8. The molecule has 2 aromatic carbocycles. The van der Waals surface area contributed by atoms with Gasteiger partial charge in [0.1, 0.15) is 0 Å². The molecule has 3 heteroatoms. The van der Waals surface area contributed by atoms with Crippen molar-refractivity contribution in [3.05, 3.63) is 69.8 Å². The van der Waals surface area contributed by atoms with Crippen LogP contribution in [0.4, 0.5) is 5.69 Å². The monoisotopic (exact) mass is 340 g/mol. The Morgan fingerprint density at radius 3 is 2.71 bits per heavy atom. The van der Waals surface area contributed by atoms with Crippen molar-refractivity contribution in [3.63, 3.8) is 0 Å². The highest BCUT2D eigenvalue weighted by molar-refractivity contribution is 9.10. The zero-order valence-corrected chi connectivity index (χ0v) is 13.7. The molecule has 0 fully saturated rings. The Morgan fingerprint density at radius 2 is 1.86 bits per heavy atom. The van der Waals surface area contributed by atoms with Gasteiger partial charge in [-0.05, 0) is 55.3 Å². The van der Waals surface area contributed by atoms with Gasteiger partial charge in [0, 0.05) is 27.8 Å². The number of hydrogen-bond donors (Lipinski definition) is 1. The van der Waals surface area contributed by atoms with E-state index in [-0.39, 0.29) is 0 Å². The van der Waals surface area contributed by atoms with Crippen LogP contribution in [0.15, 0.2) is 53.0 Å². The maximum atomic E-state index is 4.53. The third-order valence-corrected chi connectivity index (χ3v) is 4.07. The third kappa shape index (κ3) is 3.24. The molecule has 3 rings (SSSR count). The summed E-state index contributed by atoms with van der Waals surface area (Å²) in [5.74, 6) is 0. The normalized spacial score (nSPS) is 10.8. The van der Waals surface area contributed by atoms with Crippen molar-refractivity contribution in [2.45, 2.75) is 20.4 Å². The van der Waals surface area contributed by atoms with Gasteiger partial charge >= 0.3 is 0 Å². The van der Waals surface area contributed by atoms with Crippen LogP contribution in [0.5, 0.6) is 0 Å². The zero-order valence-electron chi connectivity index (χ0n) is 12.2. The number of nitrogens with zero attached hydrogens (tertiary/aromatic N) is 1. The Hall–Kier alpha value is -1.87. The number of benzene rings is 2. The molecule has 0 spiro atoms. The van der Waals surface area contributed by atoms with Gasteiger partial charge in [0.25, 0.3) is 0 Å². The lowest BCUT2D eigenvalue weighted by molar-refractivity contribution is 1.14. The van der Waals surface area contributed by atoms with Crippen LogP contribution in [-0.2, 0) is 6.54 Å². The molecule has 1 N–H and O–H groups in total. The minimum atomic E-state index is 0.807. The summed E-state index contributed by atoms with van der Waals surface area (Å²) >= 11 is 3.51. The number of aromatic nitrogens is 1. The number of anilines is 1. The quantitative estimate of drug-likeness (QED) is 0.706. The highest BCUT2D eigenvalue weighted by Gasteiger charge is 2.01. The lowest BCUT2D eigenvalue weighted by Gasteiger charge is -2.11. The Kier molecular flexibility index (Phi) is 3.93. The van der Waals surface area contributed by atoms with Crippen molar-refractivity contribution in [2.75, 3.05) is 5.32 Å². The van der Waals surface area contributed by atoms with E-state index >= 15 is 0 Å². The van der Waals surface area contributed by atoms with Crippen LogP contribution in [-0.4, -0.2) is 4.98 Å².